The maximum Gasteiger partial charge on any atom is 0.171 e. The van der Waals surface area contributed by atoms with Crippen LogP contribution in [0.4, 0.5) is 3.89 Å². The van der Waals surface area contributed by atoms with Crippen LogP contribution in [0.25, 0.3) is 11.3 Å². The highest BCUT2D eigenvalue weighted by atomic mass is 32.2. The van der Waals surface area contributed by atoms with Gasteiger partial charge in [0, 0.05) is 5.56 Å². The van der Waals surface area contributed by atoms with E-state index in [0.717, 1.165) is 5.56 Å². The number of halogens is 1. The lowest BCUT2D eigenvalue weighted by atomic mass is 10.2. The number of aromatic hydroxyl groups is 1. The van der Waals surface area contributed by atoms with E-state index in [-0.39, 0.29) is 18.1 Å². The number of phenols is 1. The number of aromatic nitrogens is 2. The summed E-state index contributed by atoms with van der Waals surface area (Å²) in [6, 6.07) is 6.52. The van der Waals surface area contributed by atoms with Crippen molar-refractivity contribution in [1.82, 2.24) is 8.96 Å². The van der Waals surface area contributed by atoms with Gasteiger partial charge in [0.05, 0.1) is 11.9 Å². The van der Waals surface area contributed by atoms with Crippen LogP contribution in [-0.2, 0) is 0 Å². The Hall–Kier alpha value is -1.49. The van der Waals surface area contributed by atoms with Crippen LogP contribution in [0, 0.1) is 0 Å². The summed E-state index contributed by atoms with van der Waals surface area (Å²) < 4.78 is 13.7. The van der Waals surface area contributed by atoms with Crippen molar-refractivity contribution in [2.45, 2.75) is 0 Å². The third kappa shape index (κ3) is 1.58. The van der Waals surface area contributed by atoms with Crippen molar-refractivity contribution in [1.29, 1.82) is 0 Å². The fourth-order valence-electron chi connectivity index (χ4n) is 1.17. The van der Waals surface area contributed by atoms with Gasteiger partial charge in [-0.3, -0.25) is 0 Å². The molecule has 0 aliphatic carbocycles. The van der Waals surface area contributed by atoms with E-state index in [0.29, 0.717) is 5.69 Å². The molecule has 2 aromatic rings. The minimum absolute atomic E-state index is 0.0928. The molecule has 0 saturated carbocycles. The second kappa shape index (κ2) is 3.71. The molecule has 0 aliphatic rings. The molecule has 2 rings (SSSR count). The lowest BCUT2D eigenvalue weighted by molar-refractivity contribution is 0.475. The van der Waals surface area contributed by atoms with Crippen LogP contribution in [0.3, 0.4) is 0 Å². The molecule has 5 heteroatoms. The van der Waals surface area contributed by atoms with E-state index in [1.807, 2.05) is 0 Å². The minimum atomic E-state index is 0.0928. The molecule has 0 spiro atoms. The molecule has 0 amide bonds. The summed E-state index contributed by atoms with van der Waals surface area (Å²) in [6.45, 7) is 0. The number of hydrogen-bond acceptors (Lipinski definition) is 3. The second-order valence-corrected chi connectivity index (χ2v) is 3.25. The first-order valence-electron chi connectivity index (χ1n) is 3.92. The van der Waals surface area contributed by atoms with E-state index in [1.54, 1.807) is 30.5 Å². The Labute approximate surface area is 84.6 Å². The van der Waals surface area contributed by atoms with Crippen molar-refractivity contribution in [3.8, 4) is 17.0 Å². The van der Waals surface area contributed by atoms with Crippen LogP contribution < -0.4 is 0 Å². The van der Waals surface area contributed by atoms with E-state index in [1.165, 1.54) is 10.3 Å². The predicted molar refractivity (Wildman–Crippen MR) is 53.4 cm³/mol. The Morgan fingerprint density at radius 1 is 1.29 bits per heavy atom. The van der Waals surface area contributed by atoms with Gasteiger partial charge in [-0.15, -0.1) is 3.89 Å². The summed E-state index contributed by atoms with van der Waals surface area (Å²) >= 11 is 0.0928. The monoisotopic (exact) mass is 210 g/mol. The first-order chi connectivity index (χ1) is 6.81. The number of nitrogens with zero attached hydrogens (tertiary/aromatic N) is 2. The van der Waals surface area contributed by atoms with Crippen LogP contribution in [0.1, 0.15) is 0 Å². The summed E-state index contributed by atoms with van der Waals surface area (Å²) in [5.74, 6) is 0.188. The van der Waals surface area contributed by atoms with Crippen LogP contribution in [-0.4, -0.2) is 14.1 Å². The molecule has 1 aromatic heterocycles. The van der Waals surface area contributed by atoms with Crippen molar-refractivity contribution < 1.29 is 8.99 Å². The van der Waals surface area contributed by atoms with E-state index < -0.39 is 0 Å². The summed E-state index contributed by atoms with van der Waals surface area (Å²) in [6.07, 6.45) is 2.96. The van der Waals surface area contributed by atoms with E-state index in [2.05, 4.69) is 4.98 Å². The van der Waals surface area contributed by atoms with Gasteiger partial charge in [0.25, 0.3) is 0 Å². The SMILES string of the molecule is Oc1ccc(-c2cncn2SF)cc1. The van der Waals surface area contributed by atoms with Gasteiger partial charge in [0.1, 0.15) is 12.1 Å². The molecule has 0 bridgehead atoms. The standard InChI is InChI=1S/C9H7FN2OS/c10-14-12-6-11-5-9(12)7-1-3-8(13)4-2-7/h1-6,13H. The Balaban J connectivity index is 2.44. The summed E-state index contributed by atoms with van der Waals surface area (Å²) in [7, 11) is 0. The molecule has 1 heterocycles. The smallest absolute Gasteiger partial charge is 0.171 e. The zero-order valence-electron chi connectivity index (χ0n) is 7.09. The van der Waals surface area contributed by atoms with Crippen molar-refractivity contribution in [3.05, 3.63) is 36.8 Å². The Kier molecular flexibility index (Phi) is 2.41. The molecule has 14 heavy (non-hydrogen) atoms. The first-order valence-corrected chi connectivity index (χ1v) is 4.59. The highest BCUT2D eigenvalue weighted by Gasteiger charge is 2.05. The Morgan fingerprint density at radius 2 is 2.00 bits per heavy atom. The van der Waals surface area contributed by atoms with Gasteiger partial charge in [-0.2, -0.15) is 0 Å². The Bertz CT molecular complexity index is 427. The van der Waals surface area contributed by atoms with Crippen LogP contribution in [0.5, 0.6) is 5.75 Å². The van der Waals surface area contributed by atoms with Gasteiger partial charge in [0.15, 0.2) is 12.3 Å². The molecule has 1 N–H and O–H groups in total. The van der Waals surface area contributed by atoms with Crippen molar-refractivity contribution >= 4 is 12.3 Å². The topological polar surface area (TPSA) is 38.1 Å². The molecular formula is C9H7FN2OS. The zero-order chi connectivity index (χ0) is 9.97. The third-order valence-electron chi connectivity index (χ3n) is 1.84. The van der Waals surface area contributed by atoms with Gasteiger partial charge in [-0.05, 0) is 24.3 Å². The van der Waals surface area contributed by atoms with Crippen LogP contribution in [0.2, 0.25) is 0 Å². The van der Waals surface area contributed by atoms with Crippen molar-refractivity contribution in [3.63, 3.8) is 0 Å². The highest BCUT2D eigenvalue weighted by Crippen LogP contribution is 2.24. The zero-order valence-corrected chi connectivity index (χ0v) is 7.91. The van der Waals surface area contributed by atoms with Gasteiger partial charge < -0.3 is 5.11 Å². The molecule has 3 nitrogen and oxygen atoms in total. The molecular weight excluding hydrogens is 203 g/mol. The molecule has 1 aromatic carbocycles. The Morgan fingerprint density at radius 3 is 2.64 bits per heavy atom. The quantitative estimate of drug-likeness (QED) is 0.828. The maximum absolute atomic E-state index is 12.4. The van der Waals surface area contributed by atoms with E-state index in [9.17, 15) is 3.89 Å². The largest absolute Gasteiger partial charge is 0.508 e. The van der Waals surface area contributed by atoms with Gasteiger partial charge in [-0.25, -0.2) is 8.96 Å². The van der Waals surface area contributed by atoms with E-state index in [4.69, 9.17) is 5.11 Å². The number of rotatable bonds is 2. The molecule has 0 atom stereocenters. The highest BCUT2D eigenvalue weighted by molar-refractivity contribution is 7.92. The van der Waals surface area contributed by atoms with Crippen molar-refractivity contribution in [2.75, 3.05) is 0 Å². The molecule has 0 saturated heterocycles. The number of benzene rings is 1. The van der Waals surface area contributed by atoms with Crippen molar-refractivity contribution in [2.24, 2.45) is 0 Å². The minimum Gasteiger partial charge on any atom is -0.508 e. The first kappa shape index (κ1) is 9.08. The van der Waals surface area contributed by atoms with Gasteiger partial charge in [0.2, 0.25) is 0 Å². The average molecular weight is 210 g/mol. The van der Waals surface area contributed by atoms with Gasteiger partial charge >= 0.3 is 0 Å². The fraction of sp³-hybridized carbons (Fsp3) is 0. The number of imidazole rings is 1. The van der Waals surface area contributed by atoms with Crippen LogP contribution >= 0.6 is 12.3 Å². The summed E-state index contributed by atoms with van der Waals surface area (Å²) in [5, 5.41) is 9.08. The average Bonchev–Trinajstić information content (AvgIpc) is 2.67. The second-order valence-electron chi connectivity index (χ2n) is 2.72. The predicted octanol–water partition coefficient (Wildman–Crippen LogP) is 2.64. The molecule has 0 aliphatic heterocycles. The van der Waals surface area contributed by atoms with Crippen LogP contribution in [0.15, 0.2) is 36.8 Å². The van der Waals surface area contributed by atoms with E-state index >= 15 is 0 Å². The summed E-state index contributed by atoms with van der Waals surface area (Å²) in [5.41, 5.74) is 1.47. The molecule has 72 valence electrons. The van der Waals surface area contributed by atoms with Gasteiger partial charge in [-0.1, -0.05) is 0 Å². The third-order valence-corrected chi connectivity index (χ3v) is 2.28. The maximum atomic E-state index is 12.4. The number of hydrogen-bond donors (Lipinski definition) is 1. The normalized spacial score (nSPS) is 10.4. The lowest BCUT2D eigenvalue weighted by Crippen LogP contribution is -1.84. The molecule has 0 radical (unpaired) electrons. The molecule has 0 fully saturated rings. The fourth-order valence-corrected chi connectivity index (χ4v) is 1.49. The summed E-state index contributed by atoms with van der Waals surface area (Å²) in [4.78, 5) is 3.83. The molecule has 0 unspecified atom stereocenters. The number of phenolic OH excluding ortho intramolecular Hbond substituents is 1. The lowest BCUT2D eigenvalue weighted by Gasteiger charge is -2.01.